The number of carbonyl (C=O) groups excluding carboxylic acids is 1. The Morgan fingerprint density at radius 1 is 1.41 bits per heavy atom. The van der Waals surface area contributed by atoms with E-state index in [1.165, 1.54) is 18.2 Å². The molecule has 0 aliphatic carbocycles. The van der Waals surface area contributed by atoms with Crippen molar-refractivity contribution in [1.29, 1.82) is 0 Å². The minimum atomic E-state index is -4.12. The number of benzene rings is 1. The zero-order valence-electron chi connectivity index (χ0n) is 11.1. The van der Waals surface area contributed by atoms with Gasteiger partial charge in [-0.15, -0.1) is 0 Å². The van der Waals surface area contributed by atoms with Crippen LogP contribution in [0.15, 0.2) is 23.1 Å². The number of nitrogens with zero attached hydrogens (tertiary/aromatic N) is 1. The molecule has 0 aromatic heterocycles. The highest BCUT2D eigenvalue weighted by Crippen LogP contribution is 2.29. The van der Waals surface area contributed by atoms with E-state index in [0.29, 0.717) is 0 Å². The summed E-state index contributed by atoms with van der Waals surface area (Å²) in [7, 11) is -4.12. The summed E-state index contributed by atoms with van der Waals surface area (Å²) < 4.78 is 26.2. The first kappa shape index (κ1) is 17.0. The third-order valence-corrected chi connectivity index (χ3v) is 5.76. The highest BCUT2D eigenvalue weighted by molar-refractivity contribution is 7.89. The van der Waals surface area contributed by atoms with E-state index in [9.17, 15) is 18.0 Å². The summed E-state index contributed by atoms with van der Waals surface area (Å²) in [6.45, 7) is 0.0599. The van der Waals surface area contributed by atoms with Gasteiger partial charge in [0.15, 0.2) is 0 Å². The molecule has 1 aliphatic heterocycles. The Labute approximate surface area is 136 Å². The van der Waals surface area contributed by atoms with Gasteiger partial charge in [-0.2, -0.15) is 4.31 Å². The van der Waals surface area contributed by atoms with Gasteiger partial charge in [0.05, 0.1) is 11.4 Å². The molecule has 1 aromatic carbocycles. The molecule has 1 saturated heterocycles. The van der Waals surface area contributed by atoms with Crippen molar-refractivity contribution in [3.8, 4) is 0 Å². The largest absolute Gasteiger partial charge is 0.481 e. The number of aliphatic carboxylic acids is 1. The van der Waals surface area contributed by atoms with E-state index in [1.807, 2.05) is 0 Å². The molecule has 1 atom stereocenters. The lowest BCUT2D eigenvalue weighted by atomic mass is 10.1. The number of nitrogens with one attached hydrogen (secondary N) is 1. The van der Waals surface area contributed by atoms with Crippen molar-refractivity contribution in [2.45, 2.75) is 17.4 Å². The van der Waals surface area contributed by atoms with E-state index in [2.05, 4.69) is 5.32 Å². The molecule has 1 amide bonds. The number of carboxylic acids is 1. The van der Waals surface area contributed by atoms with Gasteiger partial charge in [-0.1, -0.05) is 23.2 Å². The molecule has 7 nitrogen and oxygen atoms in total. The van der Waals surface area contributed by atoms with Crippen LogP contribution in [-0.4, -0.2) is 48.8 Å². The molecule has 0 bridgehead atoms. The lowest BCUT2D eigenvalue weighted by Gasteiger charge is -2.33. The zero-order chi connectivity index (χ0) is 16.5. The van der Waals surface area contributed by atoms with Crippen molar-refractivity contribution < 1.29 is 23.1 Å². The van der Waals surface area contributed by atoms with Gasteiger partial charge in [0.1, 0.15) is 10.9 Å². The first-order valence-electron chi connectivity index (χ1n) is 6.20. The fraction of sp³-hybridized carbons (Fsp3) is 0.333. The zero-order valence-corrected chi connectivity index (χ0v) is 13.5. The normalized spacial score (nSPS) is 19.7. The molecule has 1 aromatic rings. The quantitative estimate of drug-likeness (QED) is 0.825. The van der Waals surface area contributed by atoms with E-state index in [-0.39, 0.29) is 28.0 Å². The molecule has 0 spiro atoms. The number of piperazine rings is 1. The minimum absolute atomic E-state index is 0.0367. The molecular weight excluding hydrogens is 355 g/mol. The van der Waals surface area contributed by atoms with Gasteiger partial charge in [-0.3, -0.25) is 9.59 Å². The van der Waals surface area contributed by atoms with Gasteiger partial charge >= 0.3 is 5.97 Å². The number of halogens is 2. The van der Waals surface area contributed by atoms with Crippen LogP contribution in [0.25, 0.3) is 0 Å². The molecule has 0 saturated carbocycles. The van der Waals surface area contributed by atoms with Gasteiger partial charge in [0, 0.05) is 18.1 Å². The standard InChI is InChI=1S/C12H12Cl2N2O5S/c13-7-1-2-10(8(14)5-7)22(20,21)16-4-3-15-12(19)9(16)6-11(17)18/h1-2,5,9H,3-4,6H2,(H,15,19)(H,17,18). The van der Waals surface area contributed by atoms with Gasteiger partial charge in [-0.25, -0.2) is 8.42 Å². The summed E-state index contributed by atoms with van der Waals surface area (Å²) in [5, 5.41) is 11.5. The fourth-order valence-corrected chi connectivity index (χ4v) is 4.49. The van der Waals surface area contributed by atoms with Gasteiger partial charge < -0.3 is 10.4 Å². The van der Waals surface area contributed by atoms with E-state index >= 15 is 0 Å². The molecule has 0 radical (unpaired) electrons. The fourth-order valence-electron chi connectivity index (χ4n) is 2.15. The first-order valence-corrected chi connectivity index (χ1v) is 8.39. The summed E-state index contributed by atoms with van der Waals surface area (Å²) in [6.07, 6.45) is -0.629. The van der Waals surface area contributed by atoms with Crippen molar-refractivity contribution in [2.24, 2.45) is 0 Å². The summed E-state index contributed by atoms with van der Waals surface area (Å²) in [6, 6.07) is 2.54. The monoisotopic (exact) mass is 366 g/mol. The Bertz CT molecular complexity index is 722. The Balaban J connectivity index is 2.45. The molecule has 2 rings (SSSR count). The minimum Gasteiger partial charge on any atom is -0.481 e. The molecule has 2 N–H and O–H groups in total. The predicted molar refractivity (Wildman–Crippen MR) is 79.4 cm³/mol. The molecule has 1 aliphatic rings. The number of amides is 1. The highest BCUT2D eigenvalue weighted by atomic mass is 35.5. The average molecular weight is 367 g/mol. The van der Waals surface area contributed by atoms with Gasteiger partial charge in [-0.05, 0) is 18.2 Å². The van der Waals surface area contributed by atoms with E-state index in [4.69, 9.17) is 28.3 Å². The average Bonchev–Trinajstić information content (AvgIpc) is 2.40. The van der Waals surface area contributed by atoms with Crippen molar-refractivity contribution >= 4 is 45.1 Å². The second-order valence-corrected chi connectivity index (χ2v) is 7.30. The number of rotatable bonds is 4. The SMILES string of the molecule is O=C(O)CC1C(=O)NCCN1S(=O)(=O)c1ccc(Cl)cc1Cl. The lowest BCUT2D eigenvalue weighted by Crippen LogP contribution is -2.57. The number of hydrogen-bond acceptors (Lipinski definition) is 4. The predicted octanol–water partition coefficient (Wildman–Crippen LogP) is 0.957. The summed E-state index contributed by atoms with van der Waals surface area (Å²) in [4.78, 5) is 22.5. The maximum atomic E-state index is 12.7. The first-order chi connectivity index (χ1) is 10.2. The second-order valence-electron chi connectivity index (χ2n) is 4.60. The Morgan fingerprint density at radius 3 is 2.68 bits per heavy atom. The third-order valence-electron chi connectivity index (χ3n) is 3.13. The topological polar surface area (TPSA) is 104 Å². The van der Waals surface area contributed by atoms with Crippen LogP contribution < -0.4 is 5.32 Å². The smallest absolute Gasteiger partial charge is 0.305 e. The van der Waals surface area contributed by atoms with E-state index in [1.54, 1.807) is 0 Å². The van der Waals surface area contributed by atoms with E-state index < -0.39 is 34.4 Å². The highest BCUT2D eigenvalue weighted by Gasteiger charge is 2.40. The molecule has 1 fully saturated rings. The molecule has 10 heteroatoms. The molecule has 120 valence electrons. The number of carbonyl (C=O) groups is 2. The maximum absolute atomic E-state index is 12.7. The molecule has 1 heterocycles. The summed E-state index contributed by atoms with van der Waals surface area (Å²) >= 11 is 11.7. The van der Waals surface area contributed by atoms with Crippen LogP contribution >= 0.6 is 23.2 Å². The van der Waals surface area contributed by atoms with Crippen molar-refractivity contribution in [2.75, 3.05) is 13.1 Å². The Morgan fingerprint density at radius 2 is 2.09 bits per heavy atom. The lowest BCUT2D eigenvalue weighted by molar-refractivity contribution is -0.141. The van der Waals surface area contributed by atoms with Crippen molar-refractivity contribution in [3.63, 3.8) is 0 Å². The molecule has 1 unspecified atom stereocenters. The van der Waals surface area contributed by atoms with Crippen LogP contribution in [0.4, 0.5) is 0 Å². The van der Waals surface area contributed by atoms with Crippen molar-refractivity contribution in [3.05, 3.63) is 28.2 Å². The van der Waals surface area contributed by atoms with Crippen LogP contribution in [0.5, 0.6) is 0 Å². The van der Waals surface area contributed by atoms with Crippen LogP contribution in [0.3, 0.4) is 0 Å². The van der Waals surface area contributed by atoms with E-state index in [0.717, 1.165) is 4.31 Å². The Kier molecular flexibility index (Phi) is 4.96. The van der Waals surface area contributed by atoms with Gasteiger partial charge in [0.2, 0.25) is 15.9 Å². The van der Waals surface area contributed by atoms with Gasteiger partial charge in [0.25, 0.3) is 0 Å². The molecule has 22 heavy (non-hydrogen) atoms. The van der Waals surface area contributed by atoms with Crippen LogP contribution in [0.2, 0.25) is 10.0 Å². The van der Waals surface area contributed by atoms with Crippen molar-refractivity contribution in [1.82, 2.24) is 9.62 Å². The molecular formula is C12H12Cl2N2O5S. The van der Waals surface area contributed by atoms with Crippen LogP contribution in [0.1, 0.15) is 6.42 Å². The number of hydrogen-bond donors (Lipinski definition) is 2. The summed E-state index contributed by atoms with van der Waals surface area (Å²) in [5.41, 5.74) is 0. The van der Waals surface area contributed by atoms with Crippen LogP contribution in [0, 0.1) is 0 Å². The number of sulfonamides is 1. The third kappa shape index (κ3) is 3.35. The Hall–Kier alpha value is -1.35. The van der Waals surface area contributed by atoms with Crippen LogP contribution in [-0.2, 0) is 19.6 Å². The maximum Gasteiger partial charge on any atom is 0.305 e. The summed E-state index contributed by atoms with van der Waals surface area (Å²) in [5.74, 6) is -1.92. The second kappa shape index (κ2) is 6.41. The number of carboxylic acid groups (broad SMARTS) is 1.